The van der Waals surface area contributed by atoms with Gasteiger partial charge in [-0.05, 0) is 43.5 Å². The Hall–Kier alpha value is -1.11. The van der Waals surface area contributed by atoms with Gasteiger partial charge in [0.1, 0.15) is 5.75 Å². The fourth-order valence-electron chi connectivity index (χ4n) is 1.90. The van der Waals surface area contributed by atoms with Crippen molar-refractivity contribution in [1.29, 1.82) is 0 Å². The van der Waals surface area contributed by atoms with Gasteiger partial charge in [0.25, 0.3) is 0 Å². The Morgan fingerprint density at radius 3 is 2.30 bits per heavy atom. The number of hydrogen-bond acceptors (Lipinski definition) is 4. The summed E-state index contributed by atoms with van der Waals surface area (Å²) in [6, 6.07) is 5.77. The lowest BCUT2D eigenvalue weighted by Crippen LogP contribution is -2.38. The van der Waals surface area contributed by atoms with Crippen LogP contribution in [0.5, 0.6) is 5.75 Å². The van der Waals surface area contributed by atoms with Crippen LogP contribution in [-0.4, -0.2) is 32.8 Å². The van der Waals surface area contributed by atoms with E-state index >= 15 is 0 Å². The van der Waals surface area contributed by atoms with Crippen LogP contribution in [0.3, 0.4) is 0 Å². The number of aliphatic hydroxyl groups excluding tert-OH is 1. The number of ether oxygens (including phenoxy) is 1. The highest BCUT2D eigenvalue weighted by atomic mass is 32.2. The van der Waals surface area contributed by atoms with Crippen molar-refractivity contribution in [3.8, 4) is 5.75 Å². The van der Waals surface area contributed by atoms with Crippen molar-refractivity contribution in [2.45, 2.75) is 38.1 Å². The van der Waals surface area contributed by atoms with Gasteiger partial charge >= 0.3 is 0 Å². The molecule has 0 saturated carbocycles. The molecule has 114 valence electrons. The molecule has 0 aliphatic heterocycles. The zero-order valence-electron chi connectivity index (χ0n) is 12.2. The van der Waals surface area contributed by atoms with Gasteiger partial charge in [-0.15, -0.1) is 0 Å². The van der Waals surface area contributed by atoms with Crippen LogP contribution in [0.2, 0.25) is 0 Å². The Balaban J connectivity index is 2.81. The predicted molar refractivity (Wildman–Crippen MR) is 78.3 cm³/mol. The molecule has 1 aromatic rings. The molecule has 6 heteroatoms. The first-order valence-corrected chi connectivity index (χ1v) is 8.23. The van der Waals surface area contributed by atoms with E-state index in [1.165, 1.54) is 12.1 Å². The zero-order valence-corrected chi connectivity index (χ0v) is 13.0. The fraction of sp³-hybridized carbons (Fsp3) is 0.571. The molecule has 0 amide bonds. The topological polar surface area (TPSA) is 75.6 Å². The number of nitrogens with one attached hydrogen (secondary N) is 1. The molecule has 1 atom stereocenters. The second kappa shape index (κ2) is 7.61. The van der Waals surface area contributed by atoms with Crippen LogP contribution in [0.25, 0.3) is 0 Å². The summed E-state index contributed by atoms with van der Waals surface area (Å²) in [7, 11) is -3.61. The predicted octanol–water partition coefficient (Wildman–Crippen LogP) is 1.77. The first-order valence-electron chi connectivity index (χ1n) is 6.75. The molecule has 0 heterocycles. The van der Waals surface area contributed by atoms with Gasteiger partial charge in [0.05, 0.1) is 18.1 Å². The van der Waals surface area contributed by atoms with Crippen LogP contribution >= 0.6 is 0 Å². The molecule has 0 aromatic heterocycles. The Morgan fingerprint density at radius 1 is 1.25 bits per heavy atom. The molecule has 0 spiro atoms. The lowest BCUT2D eigenvalue weighted by Gasteiger charge is -2.18. The standard InChI is InChI=1S/C14H23NO4S/c1-4-19-13-5-7-14(8-6-13)20(17,18)15-12(10-16)9-11(2)3/h5-8,11-12,15-16H,4,9-10H2,1-3H3. The van der Waals surface area contributed by atoms with Crippen molar-refractivity contribution in [1.82, 2.24) is 4.72 Å². The largest absolute Gasteiger partial charge is 0.494 e. The van der Waals surface area contributed by atoms with E-state index in [9.17, 15) is 13.5 Å². The van der Waals surface area contributed by atoms with E-state index in [0.717, 1.165) is 0 Å². The monoisotopic (exact) mass is 301 g/mol. The summed E-state index contributed by atoms with van der Waals surface area (Å²) in [5.74, 6) is 0.933. The van der Waals surface area contributed by atoms with Crippen LogP contribution in [-0.2, 0) is 10.0 Å². The highest BCUT2D eigenvalue weighted by molar-refractivity contribution is 7.89. The molecular formula is C14H23NO4S. The number of sulfonamides is 1. The van der Waals surface area contributed by atoms with Gasteiger partial charge in [-0.3, -0.25) is 0 Å². The highest BCUT2D eigenvalue weighted by Gasteiger charge is 2.20. The van der Waals surface area contributed by atoms with Crippen LogP contribution in [0, 0.1) is 5.92 Å². The first kappa shape index (κ1) is 16.9. The van der Waals surface area contributed by atoms with Crippen molar-refractivity contribution in [2.75, 3.05) is 13.2 Å². The number of aliphatic hydroxyl groups is 1. The smallest absolute Gasteiger partial charge is 0.240 e. The molecule has 0 radical (unpaired) electrons. The van der Waals surface area contributed by atoms with E-state index in [1.807, 2.05) is 20.8 Å². The van der Waals surface area contributed by atoms with Crippen molar-refractivity contribution in [3.05, 3.63) is 24.3 Å². The second-order valence-corrected chi connectivity index (χ2v) is 6.75. The second-order valence-electron chi connectivity index (χ2n) is 5.03. The molecule has 5 nitrogen and oxygen atoms in total. The quantitative estimate of drug-likeness (QED) is 0.767. The third kappa shape index (κ3) is 5.11. The molecule has 20 heavy (non-hydrogen) atoms. The van der Waals surface area contributed by atoms with Gasteiger partial charge in [-0.2, -0.15) is 0 Å². The van der Waals surface area contributed by atoms with Crippen LogP contribution in [0.15, 0.2) is 29.2 Å². The summed E-state index contributed by atoms with van der Waals surface area (Å²) in [5, 5.41) is 9.25. The van der Waals surface area contributed by atoms with Gasteiger partial charge < -0.3 is 9.84 Å². The third-order valence-corrected chi connectivity index (χ3v) is 4.28. The number of benzene rings is 1. The Labute approximate surface area is 121 Å². The van der Waals surface area contributed by atoms with E-state index in [2.05, 4.69) is 4.72 Å². The number of hydrogen-bond donors (Lipinski definition) is 2. The number of rotatable bonds is 8. The summed E-state index contributed by atoms with van der Waals surface area (Å²) < 4.78 is 32.2. The maximum Gasteiger partial charge on any atom is 0.240 e. The Morgan fingerprint density at radius 2 is 1.85 bits per heavy atom. The van der Waals surface area contributed by atoms with E-state index in [1.54, 1.807) is 12.1 Å². The SMILES string of the molecule is CCOc1ccc(S(=O)(=O)NC(CO)CC(C)C)cc1. The molecule has 1 aromatic carbocycles. The fourth-order valence-corrected chi connectivity index (χ4v) is 3.14. The lowest BCUT2D eigenvalue weighted by molar-refractivity contribution is 0.240. The average molecular weight is 301 g/mol. The van der Waals surface area contributed by atoms with Gasteiger partial charge in [0.15, 0.2) is 0 Å². The van der Waals surface area contributed by atoms with E-state index in [4.69, 9.17) is 4.74 Å². The van der Waals surface area contributed by atoms with Crippen LogP contribution < -0.4 is 9.46 Å². The maximum atomic E-state index is 12.2. The van der Waals surface area contributed by atoms with Gasteiger partial charge in [-0.25, -0.2) is 13.1 Å². The maximum absolute atomic E-state index is 12.2. The van der Waals surface area contributed by atoms with Crippen molar-refractivity contribution < 1.29 is 18.3 Å². The van der Waals surface area contributed by atoms with Gasteiger partial charge in [0.2, 0.25) is 10.0 Å². The zero-order chi connectivity index (χ0) is 15.2. The summed E-state index contributed by atoms with van der Waals surface area (Å²) in [6.45, 7) is 6.14. The Bertz CT molecular complexity index is 496. The first-order chi connectivity index (χ1) is 9.39. The molecule has 0 saturated heterocycles. The molecular weight excluding hydrogens is 278 g/mol. The summed E-state index contributed by atoms with van der Waals surface area (Å²) in [4.78, 5) is 0.170. The van der Waals surface area contributed by atoms with Crippen molar-refractivity contribution >= 4 is 10.0 Å². The minimum atomic E-state index is -3.61. The molecule has 2 N–H and O–H groups in total. The molecule has 0 aliphatic carbocycles. The molecule has 1 rings (SSSR count). The van der Waals surface area contributed by atoms with E-state index in [-0.39, 0.29) is 11.5 Å². The third-order valence-electron chi connectivity index (χ3n) is 2.74. The van der Waals surface area contributed by atoms with Crippen LogP contribution in [0.1, 0.15) is 27.2 Å². The lowest BCUT2D eigenvalue weighted by atomic mass is 10.1. The summed E-state index contributed by atoms with van der Waals surface area (Å²) >= 11 is 0. The van der Waals surface area contributed by atoms with Gasteiger partial charge in [-0.1, -0.05) is 13.8 Å². The van der Waals surface area contributed by atoms with Gasteiger partial charge in [0, 0.05) is 6.04 Å². The Kier molecular flexibility index (Phi) is 6.45. The van der Waals surface area contributed by atoms with Crippen LogP contribution in [0.4, 0.5) is 0 Å². The summed E-state index contributed by atoms with van der Waals surface area (Å²) in [6.07, 6.45) is 0.590. The summed E-state index contributed by atoms with van der Waals surface area (Å²) in [5.41, 5.74) is 0. The normalized spacial score (nSPS) is 13.4. The van der Waals surface area contributed by atoms with E-state index < -0.39 is 16.1 Å². The molecule has 1 unspecified atom stereocenters. The van der Waals surface area contributed by atoms with Crippen molar-refractivity contribution in [3.63, 3.8) is 0 Å². The van der Waals surface area contributed by atoms with E-state index in [0.29, 0.717) is 24.7 Å². The minimum absolute atomic E-state index is 0.170. The van der Waals surface area contributed by atoms with Crippen molar-refractivity contribution in [2.24, 2.45) is 5.92 Å². The molecule has 0 bridgehead atoms. The minimum Gasteiger partial charge on any atom is -0.494 e. The highest BCUT2D eigenvalue weighted by Crippen LogP contribution is 2.17. The molecule has 0 aliphatic rings. The average Bonchev–Trinajstić information content (AvgIpc) is 2.38. The molecule has 0 fully saturated rings.